The molecule has 110 valence electrons. The van der Waals surface area contributed by atoms with E-state index in [2.05, 4.69) is 0 Å². The van der Waals surface area contributed by atoms with Crippen LogP contribution >= 0.6 is 0 Å². The molecule has 1 fully saturated rings. The summed E-state index contributed by atoms with van der Waals surface area (Å²) in [5, 5.41) is 0. The van der Waals surface area contributed by atoms with E-state index in [1.54, 1.807) is 18.2 Å². The Morgan fingerprint density at radius 2 is 1.75 bits per heavy atom. The molecule has 0 saturated heterocycles. The van der Waals surface area contributed by atoms with Crippen molar-refractivity contribution in [3.63, 3.8) is 0 Å². The van der Waals surface area contributed by atoms with Gasteiger partial charge in [0.15, 0.2) is 17.3 Å². The number of alkyl halides is 2. The predicted octanol–water partition coefficient (Wildman–Crippen LogP) is 3.71. The first kappa shape index (κ1) is 14.8. The van der Waals surface area contributed by atoms with Crippen molar-refractivity contribution in [2.75, 3.05) is 14.2 Å². The Kier molecular flexibility index (Phi) is 4.26. The maximum Gasteiger partial charge on any atom is 0.248 e. The van der Waals surface area contributed by atoms with Crippen molar-refractivity contribution in [1.29, 1.82) is 0 Å². The van der Waals surface area contributed by atoms with Gasteiger partial charge in [0.05, 0.1) is 14.2 Å². The lowest BCUT2D eigenvalue weighted by molar-refractivity contribution is -0.0424. The van der Waals surface area contributed by atoms with Gasteiger partial charge in [-0.05, 0) is 31.0 Å². The first-order valence-corrected chi connectivity index (χ1v) is 6.61. The number of ether oxygens (including phenoxy) is 2. The van der Waals surface area contributed by atoms with E-state index in [9.17, 15) is 13.6 Å². The van der Waals surface area contributed by atoms with Crippen molar-refractivity contribution in [2.24, 2.45) is 5.92 Å². The fraction of sp³-hybridized carbons (Fsp3) is 0.533. The van der Waals surface area contributed by atoms with Crippen LogP contribution in [0.25, 0.3) is 0 Å². The van der Waals surface area contributed by atoms with Crippen molar-refractivity contribution >= 4 is 5.78 Å². The topological polar surface area (TPSA) is 35.5 Å². The fourth-order valence-corrected chi connectivity index (χ4v) is 2.53. The van der Waals surface area contributed by atoms with Gasteiger partial charge in [0, 0.05) is 24.3 Å². The average molecular weight is 284 g/mol. The molecule has 0 radical (unpaired) electrons. The summed E-state index contributed by atoms with van der Waals surface area (Å²) in [6, 6.07) is 4.91. The number of benzene rings is 1. The first-order valence-electron chi connectivity index (χ1n) is 6.61. The third kappa shape index (κ3) is 3.08. The molecule has 1 saturated carbocycles. The molecule has 0 aromatic heterocycles. The van der Waals surface area contributed by atoms with E-state index in [0.717, 1.165) is 0 Å². The molecule has 2 rings (SSSR count). The van der Waals surface area contributed by atoms with Gasteiger partial charge in [-0.3, -0.25) is 4.79 Å². The molecule has 0 atom stereocenters. The summed E-state index contributed by atoms with van der Waals surface area (Å²) in [5.74, 6) is -2.03. The van der Waals surface area contributed by atoms with Crippen LogP contribution in [0.15, 0.2) is 18.2 Å². The van der Waals surface area contributed by atoms with Gasteiger partial charge in [0.25, 0.3) is 0 Å². The van der Waals surface area contributed by atoms with Crippen molar-refractivity contribution in [3.05, 3.63) is 23.8 Å². The predicted molar refractivity (Wildman–Crippen MR) is 70.8 cm³/mol. The average Bonchev–Trinajstić information content (AvgIpc) is 2.45. The highest BCUT2D eigenvalue weighted by molar-refractivity contribution is 5.98. The second-order valence-corrected chi connectivity index (χ2v) is 5.06. The summed E-state index contributed by atoms with van der Waals surface area (Å²) in [6.45, 7) is 0. The number of hydrogen-bond acceptors (Lipinski definition) is 3. The molecule has 0 aliphatic heterocycles. The molecular weight excluding hydrogens is 266 g/mol. The maximum atomic E-state index is 13.1. The van der Waals surface area contributed by atoms with E-state index >= 15 is 0 Å². The molecule has 0 N–H and O–H groups in total. The molecule has 3 nitrogen and oxygen atoms in total. The molecule has 20 heavy (non-hydrogen) atoms. The quantitative estimate of drug-likeness (QED) is 0.791. The Hall–Kier alpha value is -1.65. The van der Waals surface area contributed by atoms with Crippen LogP contribution in [-0.4, -0.2) is 25.9 Å². The smallest absolute Gasteiger partial charge is 0.248 e. The van der Waals surface area contributed by atoms with Crippen LogP contribution in [0.2, 0.25) is 0 Å². The number of carbonyl (C=O) groups excluding carboxylic acids is 1. The van der Waals surface area contributed by atoms with Crippen LogP contribution in [0.4, 0.5) is 8.78 Å². The lowest BCUT2D eigenvalue weighted by Gasteiger charge is -2.27. The van der Waals surface area contributed by atoms with E-state index in [4.69, 9.17) is 9.47 Å². The van der Waals surface area contributed by atoms with E-state index in [1.165, 1.54) is 14.2 Å². The SMILES string of the molecule is COc1ccc(C(=O)C2CCC(F)(F)CC2)cc1OC. The van der Waals surface area contributed by atoms with Crippen LogP contribution in [0.1, 0.15) is 36.0 Å². The third-order valence-electron chi connectivity index (χ3n) is 3.76. The molecule has 5 heteroatoms. The third-order valence-corrected chi connectivity index (χ3v) is 3.76. The Balaban J connectivity index is 2.14. The zero-order valence-corrected chi connectivity index (χ0v) is 11.6. The molecule has 0 bridgehead atoms. The monoisotopic (exact) mass is 284 g/mol. The van der Waals surface area contributed by atoms with Crippen LogP contribution in [0.3, 0.4) is 0 Å². The lowest BCUT2D eigenvalue weighted by Crippen LogP contribution is -2.28. The number of hydrogen-bond donors (Lipinski definition) is 0. The van der Waals surface area contributed by atoms with Crippen molar-refractivity contribution in [2.45, 2.75) is 31.6 Å². The second kappa shape index (κ2) is 5.77. The Morgan fingerprint density at radius 1 is 1.15 bits per heavy atom. The van der Waals surface area contributed by atoms with E-state index in [0.29, 0.717) is 17.1 Å². The summed E-state index contributed by atoms with van der Waals surface area (Å²) < 4.78 is 36.5. The maximum absolute atomic E-state index is 13.1. The molecule has 1 aromatic carbocycles. The van der Waals surface area contributed by atoms with E-state index < -0.39 is 5.92 Å². The van der Waals surface area contributed by atoms with Crippen LogP contribution in [0, 0.1) is 5.92 Å². The van der Waals surface area contributed by atoms with Gasteiger partial charge < -0.3 is 9.47 Å². The molecule has 0 spiro atoms. The van der Waals surface area contributed by atoms with Gasteiger partial charge in [-0.2, -0.15) is 0 Å². The summed E-state index contributed by atoms with van der Waals surface area (Å²) in [6.07, 6.45) is 0.0494. The minimum atomic E-state index is -2.62. The molecule has 1 aliphatic carbocycles. The highest BCUT2D eigenvalue weighted by Crippen LogP contribution is 2.38. The zero-order chi connectivity index (χ0) is 14.8. The van der Waals surface area contributed by atoms with E-state index in [1.807, 2.05) is 0 Å². The zero-order valence-electron chi connectivity index (χ0n) is 11.6. The van der Waals surface area contributed by atoms with Crippen LogP contribution < -0.4 is 9.47 Å². The molecule has 0 heterocycles. The van der Waals surface area contributed by atoms with Gasteiger partial charge in [-0.25, -0.2) is 8.78 Å². The molecular formula is C15H18F2O3. The normalized spacial score (nSPS) is 18.6. The summed E-state index contributed by atoms with van der Waals surface area (Å²) in [7, 11) is 3.01. The Bertz CT molecular complexity index is 490. The number of carbonyl (C=O) groups is 1. The van der Waals surface area contributed by atoms with E-state index in [-0.39, 0.29) is 37.4 Å². The minimum Gasteiger partial charge on any atom is -0.493 e. The van der Waals surface area contributed by atoms with Crippen molar-refractivity contribution in [3.8, 4) is 11.5 Å². The highest BCUT2D eigenvalue weighted by Gasteiger charge is 2.37. The van der Waals surface area contributed by atoms with Crippen LogP contribution in [-0.2, 0) is 0 Å². The highest BCUT2D eigenvalue weighted by atomic mass is 19.3. The van der Waals surface area contributed by atoms with Gasteiger partial charge in [-0.1, -0.05) is 0 Å². The standard InChI is InChI=1S/C15H18F2O3/c1-19-12-4-3-11(9-13(12)20-2)14(18)10-5-7-15(16,17)8-6-10/h3-4,9-10H,5-8H2,1-2H3. The first-order chi connectivity index (χ1) is 9.46. The molecule has 1 aromatic rings. The number of halogens is 2. The minimum absolute atomic E-state index is 0.0959. The summed E-state index contributed by atoms with van der Waals surface area (Å²) in [4.78, 5) is 12.3. The van der Waals surface area contributed by atoms with Crippen LogP contribution in [0.5, 0.6) is 11.5 Å². The fourth-order valence-electron chi connectivity index (χ4n) is 2.53. The molecule has 0 unspecified atom stereocenters. The second-order valence-electron chi connectivity index (χ2n) is 5.06. The van der Waals surface area contributed by atoms with Crippen molar-refractivity contribution < 1.29 is 23.0 Å². The Labute approximate surface area is 116 Å². The number of methoxy groups -OCH3 is 2. The number of Topliss-reactive ketones (excluding diaryl/α,β-unsaturated/α-hetero) is 1. The van der Waals surface area contributed by atoms with Crippen molar-refractivity contribution in [1.82, 2.24) is 0 Å². The number of rotatable bonds is 4. The summed E-state index contributed by atoms with van der Waals surface area (Å²) >= 11 is 0. The van der Waals surface area contributed by atoms with Gasteiger partial charge in [0.2, 0.25) is 5.92 Å². The number of ketones is 1. The van der Waals surface area contributed by atoms with Gasteiger partial charge in [0.1, 0.15) is 0 Å². The molecule has 0 amide bonds. The summed E-state index contributed by atoms with van der Waals surface area (Å²) in [5.41, 5.74) is 0.484. The largest absolute Gasteiger partial charge is 0.493 e. The van der Waals surface area contributed by atoms with Gasteiger partial charge >= 0.3 is 0 Å². The Morgan fingerprint density at radius 3 is 2.30 bits per heavy atom. The lowest BCUT2D eigenvalue weighted by atomic mass is 9.82. The van der Waals surface area contributed by atoms with Gasteiger partial charge in [-0.15, -0.1) is 0 Å². The molecule has 1 aliphatic rings.